The van der Waals surface area contributed by atoms with Gasteiger partial charge < -0.3 is 0 Å². The Morgan fingerprint density at radius 2 is 1.36 bits per heavy atom. The van der Waals surface area contributed by atoms with Crippen LogP contribution in [0.15, 0.2) is 83.8 Å². The third-order valence-electron chi connectivity index (χ3n) is 4.94. The lowest BCUT2D eigenvalue weighted by Crippen LogP contribution is -2.13. The number of non-ortho nitro benzene ring substituents is 1. The summed E-state index contributed by atoms with van der Waals surface area (Å²) in [7, 11) is -3.70. The second-order valence-electron chi connectivity index (χ2n) is 6.80. The fraction of sp³-hybridized carbons (Fsp3) is 0.143. The van der Waals surface area contributed by atoms with Gasteiger partial charge in [0.2, 0.25) is 10.0 Å². The Hall–Kier alpha value is -3.03. The van der Waals surface area contributed by atoms with Crippen molar-refractivity contribution in [1.29, 1.82) is 0 Å². The highest BCUT2D eigenvalue weighted by molar-refractivity contribution is 7.89. The molecule has 0 aliphatic carbocycles. The third-order valence-corrected chi connectivity index (χ3v) is 6.82. The Balaban J connectivity index is 1.75. The summed E-state index contributed by atoms with van der Waals surface area (Å²) in [5, 5.41) is 10.9. The second kappa shape index (κ2) is 6.85. The summed E-state index contributed by atoms with van der Waals surface area (Å²) < 4.78 is 28.0. The van der Waals surface area contributed by atoms with Gasteiger partial charge in [-0.25, -0.2) is 8.42 Å². The molecule has 7 heteroatoms. The van der Waals surface area contributed by atoms with E-state index in [9.17, 15) is 18.5 Å². The molecule has 1 aliphatic heterocycles. The first kappa shape index (κ1) is 18.3. The number of nitro groups is 1. The molecule has 0 bridgehead atoms. The van der Waals surface area contributed by atoms with Gasteiger partial charge in [0.05, 0.1) is 21.9 Å². The number of nitrogens with zero attached hydrogens (tertiary/aromatic N) is 2. The predicted molar refractivity (Wildman–Crippen MR) is 105 cm³/mol. The van der Waals surface area contributed by atoms with Crippen LogP contribution < -0.4 is 0 Å². The van der Waals surface area contributed by atoms with Gasteiger partial charge >= 0.3 is 0 Å². The summed E-state index contributed by atoms with van der Waals surface area (Å²) in [6, 6.07) is 21.5. The minimum absolute atomic E-state index is 0.0198. The average molecular weight is 394 g/mol. The molecule has 0 saturated carbocycles. The van der Waals surface area contributed by atoms with Crippen LogP contribution in [0.1, 0.15) is 28.8 Å². The van der Waals surface area contributed by atoms with Crippen molar-refractivity contribution in [1.82, 2.24) is 4.31 Å². The van der Waals surface area contributed by atoms with Gasteiger partial charge in [0.1, 0.15) is 0 Å². The largest absolute Gasteiger partial charge is 0.269 e. The smallest absolute Gasteiger partial charge is 0.258 e. The highest BCUT2D eigenvalue weighted by Crippen LogP contribution is 2.57. The molecule has 28 heavy (non-hydrogen) atoms. The van der Waals surface area contributed by atoms with E-state index in [1.807, 2.05) is 37.3 Å². The van der Waals surface area contributed by atoms with E-state index in [4.69, 9.17) is 0 Å². The van der Waals surface area contributed by atoms with Gasteiger partial charge in [-0.1, -0.05) is 60.2 Å². The summed E-state index contributed by atoms with van der Waals surface area (Å²) in [6.07, 6.45) is 0. The summed E-state index contributed by atoms with van der Waals surface area (Å²) in [5.74, 6) is 0. The Labute approximate surface area is 163 Å². The molecule has 142 valence electrons. The first-order valence-corrected chi connectivity index (χ1v) is 10.2. The predicted octanol–water partition coefficient (Wildman–Crippen LogP) is 4.39. The number of benzene rings is 3. The molecule has 0 N–H and O–H groups in total. The highest BCUT2D eigenvalue weighted by atomic mass is 32.2. The van der Waals surface area contributed by atoms with Crippen molar-refractivity contribution in [3.8, 4) is 0 Å². The first-order valence-electron chi connectivity index (χ1n) is 8.79. The van der Waals surface area contributed by atoms with Crippen molar-refractivity contribution in [3.05, 3.63) is 106 Å². The second-order valence-corrected chi connectivity index (χ2v) is 8.64. The molecule has 3 atom stereocenters. The van der Waals surface area contributed by atoms with E-state index in [-0.39, 0.29) is 16.6 Å². The summed E-state index contributed by atoms with van der Waals surface area (Å²) in [4.78, 5) is 10.7. The maximum atomic E-state index is 13.3. The van der Waals surface area contributed by atoms with Gasteiger partial charge in [0, 0.05) is 12.1 Å². The summed E-state index contributed by atoms with van der Waals surface area (Å²) >= 11 is 0. The topological polar surface area (TPSA) is 80.3 Å². The molecule has 0 amide bonds. The molecule has 3 aromatic carbocycles. The van der Waals surface area contributed by atoms with Crippen molar-refractivity contribution in [3.63, 3.8) is 0 Å². The van der Waals surface area contributed by atoms with Gasteiger partial charge in [-0.3, -0.25) is 10.1 Å². The maximum Gasteiger partial charge on any atom is 0.269 e. The molecule has 1 heterocycles. The lowest BCUT2D eigenvalue weighted by Gasteiger charge is -2.07. The Kier molecular flexibility index (Phi) is 4.49. The van der Waals surface area contributed by atoms with Crippen LogP contribution in [0.5, 0.6) is 0 Å². The Morgan fingerprint density at radius 3 is 1.89 bits per heavy atom. The number of aryl methyl sites for hydroxylation is 1. The lowest BCUT2D eigenvalue weighted by molar-refractivity contribution is -0.384. The third kappa shape index (κ3) is 3.19. The van der Waals surface area contributed by atoms with Crippen LogP contribution in [0.2, 0.25) is 0 Å². The number of sulfonamides is 1. The quantitative estimate of drug-likeness (QED) is 0.365. The molecule has 1 aliphatic rings. The molecule has 4 rings (SSSR count). The van der Waals surface area contributed by atoms with Crippen molar-refractivity contribution in [2.45, 2.75) is 23.9 Å². The highest BCUT2D eigenvalue weighted by Gasteiger charge is 2.56. The van der Waals surface area contributed by atoms with Crippen LogP contribution in [0.3, 0.4) is 0 Å². The van der Waals surface area contributed by atoms with Crippen molar-refractivity contribution in [2.24, 2.45) is 0 Å². The molecule has 0 spiro atoms. The monoisotopic (exact) mass is 394 g/mol. The van der Waals surface area contributed by atoms with Crippen molar-refractivity contribution >= 4 is 15.7 Å². The number of nitro benzene ring substituents is 1. The van der Waals surface area contributed by atoms with Crippen molar-refractivity contribution < 1.29 is 13.3 Å². The normalized spacial score (nSPS) is 21.2. The fourth-order valence-corrected chi connectivity index (χ4v) is 5.19. The zero-order chi connectivity index (χ0) is 19.9. The van der Waals surface area contributed by atoms with Crippen LogP contribution in [0.25, 0.3) is 0 Å². The summed E-state index contributed by atoms with van der Waals surface area (Å²) in [6.45, 7) is 1.90. The van der Waals surface area contributed by atoms with E-state index in [1.165, 1.54) is 16.4 Å². The molecule has 3 unspecified atom stereocenters. The van der Waals surface area contributed by atoms with Gasteiger partial charge in [0.25, 0.3) is 5.69 Å². The molecule has 1 fully saturated rings. The van der Waals surface area contributed by atoms with Crippen LogP contribution in [-0.2, 0) is 10.0 Å². The van der Waals surface area contributed by atoms with E-state index in [0.29, 0.717) is 0 Å². The van der Waals surface area contributed by atoms with E-state index < -0.39 is 21.0 Å². The lowest BCUT2D eigenvalue weighted by atomic mass is 10.0. The molecular formula is C21H18N2O4S. The standard InChI is InChI=1S/C21H18N2O4S/c1-15-7-13-19(14-8-15)28(26,27)22-20(16-5-3-2-4-6-16)21(22)17-9-11-18(12-10-17)23(24)25/h2-14,20-21H,1H3. The average Bonchev–Trinajstić information content (AvgIpc) is 3.46. The zero-order valence-electron chi connectivity index (χ0n) is 15.1. The zero-order valence-corrected chi connectivity index (χ0v) is 15.9. The van der Waals surface area contributed by atoms with Gasteiger partial charge in [-0.05, 0) is 30.2 Å². The van der Waals surface area contributed by atoms with Gasteiger partial charge in [-0.2, -0.15) is 4.31 Å². The molecule has 1 saturated heterocycles. The van der Waals surface area contributed by atoms with E-state index in [1.54, 1.807) is 36.4 Å². The molecule has 6 nitrogen and oxygen atoms in total. The molecule has 0 radical (unpaired) electrons. The molecule has 0 aromatic heterocycles. The Bertz CT molecular complexity index is 1110. The Morgan fingerprint density at radius 1 is 0.821 bits per heavy atom. The van der Waals surface area contributed by atoms with Gasteiger partial charge in [0.15, 0.2) is 0 Å². The van der Waals surface area contributed by atoms with Gasteiger partial charge in [-0.15, -0.1) is 0 Å². The minimum Gasteiger partial charge on any atom is -0.258 e. The van der Waals surface area contributed by atoms with E-state index >= 15 is 0 Å². The van der Waals surface area contributed by atoms with E-state index in [0.717, 1.165) is 16.7 Å². The van der Waals surface area contributed by atoms with Crippen molar-refractivity contribution in [2.75, 3.05) is 0 Å². The number of hydrogen-bond donors (Lipinski definition) is 0. The minimum atomic E-state index is -3.70. The number of rotatable bonds is 5. The SMILES string of the molecule is Cc1ccc(S(=O)(=O)N2C(c3ccccc3)C2c2ccc([N+](=O)[O-])cc2)cc1. The van der Waals surface area contributed by atoms with E-state index in [2.05, 4.69) is 0 Å². The van der Waals surface area contributed by atoms with Crippen LogP contribution in [0.4, 0.5) is 5.69 Å². The molecule has 3 aromatic rings. The van der Waals surface area contributed by atoms with Crippen LogP contribution in [-0.4, -0.2) is 17.6 Å². The summed E-state index contributed by atoms with van der Waals surface area (Å²) in [5.41, 5.74) is 2.58. The maximum absolute atomic E-state index is 13.3. The first-order chi connectivity index (χ1) is 13.4. The number of hydrogen-bond acceptors (Lipinski definition) is 4. The van der Waals surface area contributed by atoms with Crippen LogP contribution in [0, 0.1) is 17.0 Å². The van der Waals surface area contributed by atoms with Crippen LogP contribution >= 0.6 is 0 Å². The molecular weight excluding hydrogens is 376 g/mol. The fourth-order valence-electron chi connectivity index (χ4n) is 3.44.